The van der Waals surface area contributed by atoms with Gasteiger partial charge < -0.3 is 9.30 Å². The zero-order valence-electron chi connectivity index (χ0n) is 18.6. The van der Waals surface area contributed by atoms with Crippen molar-refractivity contribution in [3.63, 3.8) is 0 Å². The van der Waals surface area contributed by atoms with Crippen LogP contribution in [-0.4, -0.2) is 15.4 Å². The Morgan fingerprint density at radius 3 is 2.20 bits per heavy atom. The third-order valence-electron chi connectivity index (χ3n) is 5.71. The van der Waals surface area contributed by atoms with Crippen molar-refractivity contribution in [1.82, 2.24) is 4.57 Å². The van der Waals surface area contributed by atoms with Gasteiger partial charge in [-0.15, -0.1) is 0 Å². The van der Waals surface area contributed by atoms with Crippen molar-refractivity contribution in [2.45, 2.75) is 52.4 Å². The van der Waals surface area contributed by atoms with Gasteiger partial charge in [-0.05, 0) is 91.4 Å². The molecule has 0 amide bonds. The van der Waals surface area contributed by atoms with Gasteiger partial charge in [-0.3, -0.25) is 0 Å². The normalized spacial score (nSPS) is 12.7. The monoisotopic (exact) mass is 424 g/mol. The molecule has 3 rings (SSSR count). The minimum atomic E-state index is -1.48. The van der Waals surface area contributed by atoms with Crippen molar-refractivity contribution in [2.75, 3.05) is 6.61 Å². The highest BCUT2D eigenvalue weighted by Gasteiger charge is 2.23. The molecular formula is C25H32N2O2S. The average molecular weight is 425 g/mol. The molecule has 3 aromatic rings. The first kappa shape index (κ1) is 22.3. The van der Waals surface area contributed by atoms with E-state index in [0.29, 0.717) is 11.5 Å². The van der Waals surface area contributed by atoms with Crippen LogP contribution in [0.2, 0.25) is 0 Å². The van der Waals surface area contributed by atoms with E-state index >= 15 is 0 Å². The maximum Gasteiger partial charge on any atom is 0.122 e. The van der Waals surface area contributed by atoms with Crippen LogP contribution < -0.4 is 9.88 Å². The Labute approximate surface area is 182 Å². The summed E-state index contributed by atoms with van der Waals surface area (Å²) in [6.45, 7) is 11.7. The molecule has 0 spiro atoms. The van der Waals surface area contributed by atoms with Gasteiger partial charge in [0.25, 0.3) is 0 Å². The van der Waals surface area contributed by atoms with Gasteiger partial charge in [0.15, 0.2) is 0 Å². The van der Waals surface area contributed by atoms with Gasteiger partial charge in [0, 0.05) is 11.4 Å². The lowest BCUT2D eigenvalue weighted by Gasteiger charge is -2.25. The molecular weight excluding hydrogens is 392 g/mol. The fourth-order valence-electron chi connectivity index (χ4n) is 3.60. The predicted molar refractivity (Wildman–Crippen MR) is 125 cm³/mol. The summed E-state index contributed by atoms with van der Waals surface area (Å²) in [6, 6.07) is 18.2. The zero-order valence-corrected chi connectivity index (χ0v) is 19.4. The number of aromatic nitrogens is 1. The highest BCUT2D eigenvalue weighted by molar-refractivity contribution is 7.82. The Kier molecular flexibility index (Phi) is 6.84. The molecule has 2 N–H and O–H groups in total. The smallest absolute Gasteiger partial charge is 0.122 e. The molecule has 1 atom stereocenters. The van der Waals surface area contributed by atoms with E-state index in [1.165, 1.54) is 11.3 Å². The Bertz CT molecular complexity index is 1020. The van der Waals surface area contributed by atoms with E-state index in [1.54, 1.807) is 0 Å². The third-order valence-corrected chi connectivity index (χ3v) is 6.45. The largest absolute Gasteiger partial charge is 0.494 e. The summed E-state index contributed by atoms with van der Waals surface area (Å²) in [7, 11) is -1.48. The molecule has 2 aromatic carbocycles. The summed E-state index contributed by atoms with van der Waals surface area (Å²) in [6.07, 6.45) is 2.07. The van der Waals surface area contributed by atoms with Crippen LogP contribution in [0, 0.1) is 12.3 Å². The van der Waals surface area contributed by atoms with E-state index in [1.807, 2.05) is 43.3 Å². The van der Waals surface area contributed by atoms with Crippen molar-refractivity contribution in [1.29, 1.82) is 0 Å². The topological polar surface area (TPSA) is 57.2 Å². The fraction of sp³-hybridized carbons (Fsp3) is 0.360. The molecule has 0 aliphatic carbocycles. The summed E-state index contributed by atoms with van der Waals surface area (Å²) in [4.78, 5) is 0.626. The lowest BCUT2D eigenvalue weighted by Crippen LogP contribution is -2.17. The number of aryl methyl sites for hydroxylation is 1. The predicted octanol–water partition coefficient (Wildman–Crippen LogP) is 5.81. The van der Waals surface area contributed by atoms with Gasteiger partial charge in [-0.1, -0.05) is 27.2 Å². The van der Waals surface area contributed by atoms with Gasteiger partial charge in [0.2, 0.25) is 0 Å². The number of rotatable bonds is 8. The number of benzene rings is 2. The van der Waals surface area contributed by atoms with Crippen LogP contribution in [0.25, 0.3) is 16.9 Å². The van der Waals surface area contributed by atoms with Crippen molar-refractivity contribution >= 4 is 11.0 Å². The van der Waals surface area contributed by atoms with E-state index in [0.717, 1.165) is 35.5 Å². The first-order valence-corrected chi connectivity index (χ1v) is 11.7. The average Bonchev–Trinajstić information content (AvgIpc) is 3.04. The van der Waals surface area contributed by atoms with E-state index in [2.05, 4.69) is 50.5 Å². The maximum absolute atomic E-state index is 11.6. The summed E-state index contributed by atoms with van der Waals surface area (Å²) in [5, 5.41) is 5.55. The van der Waals surface area contributed by atoms with E-state index in [9.17, 15) is 4.21 Å². The zero-order chi connectivity index (χ0) is 21.9. The molecule has 1 heterocycles. The van der Waals surface area contributed by atoms with Crippen LogP contribution in [0.4, 0.5) is 0 Å². The van der Waals surface area contributed by atoms with Crippen molar-refractivity contribution in [2.24, 2.45) is 10.6 Å². The first-order chi connectivity index (χ1) is 14.3. The van der Waals surface area contributed by atoms with Crippen LogP contribution in [-0.2, 0) is 17.4 Å². The summed E-state index contributed by atoms with van der Waals surface area (Å²) in [5.74, 6) is 0.873. The lowest BCUT2D eigenvalue weighted by atomic mass is 9.84. The van der Waals surface area contributed by atoms with Crippen LogP contribution in [0.5, 0.6) is 5.75 Å². The van der Waals surface area contributed by atoms with E-state index in [-0.39, 0.29) is 5.41 Å². The molecule has 160 valence electrons. The minimum Gasteiger partial charge on any atom is -0.494 e. The molecule has 0 radical (unpaired) electrons. The van der Waals surface area contributed by atoms with Crippen LogP contribution >= 0.6 is 0 Å². The number of nitrogens with zero attached hydrogens (tertiary/aromatic N) is 1. The molecule has 1 unspecified atom stereocenters. The second-order valence-electron chi connectivity index (χ2n) is 8.44. The Hall–Kier alpha value is -2.37. The quantitative estimate of drug-likeness (QED) is 0.496. The Morgan fingerprint density at radius 1 is 1.03 bits per heavy atom. The molecule has 5 heteroatoms. The molecule has 0 saturated carbocycles. The lowest BCUT2D eigenvalue weighted by molar-refractivity contribution is 0.340. The highest BCUT2D eigenvalue weighted by Crippen LogP contribution is 2.35. The standard InChI is InChI=1S/C25H32N2O2S/c1-6-25(4,5)17-24-18(3)16-23(19-8-12-21(13-9-19)29-7-2)27(24)20-10-14-22(15-11-20)30(26)28/h8-16H,6-7,17,26H2,1-5H3. The molecule has 4 nitrogen and oxygen atoms in total. The Balaban J connectivity index is 2.15. The number of ether oxygens (including phenoxy) is 1. The molecule has 0 aliphatic rings. The van der Waals surface area contributed by atoms with Crippen molar-refractivity contribution in [3.8, 4) is 22.7 Å². The molecule has 0 saturated heterocycles. The van der Waals surface area contributed by atoms with Gasteiger partial charge in [-0.2, -0.15) is 0 Å². The SMILES string of the molecule is CCOc1ccc(-c2cc(C)c(CC(C)(C)CC)n2-c2ccc(S(N)=O)cc2)cc1. The molecule has 0 bridgehead atoms. The van der Waals surface area contributed by atoms with Crippen LogP contribution in [0.15, 0.2) is 59.5 Å². The van der Waals surface area contributed by atoms with E-state index < -0.39 is 11.0 Å². The molecule has 0 aliphatic heterocycles. The Morgan fingerprint density at radius 2 is 1.67 bits per heavy atom. The van der Waals surface area contributed by atoms with Gasteiger partial charge in [0.05, 0.1) is 17.2 Å². The number of nitrogens with two attached hydrogens (primary N) is 1. The first-order valence-electron chi connectivity index (χ1n) is 10.5. The summed E-state index contributed by atoms with van der Waals surface area (Å²) >= 11 is 0. The minimum absolute atomic E-state index is 0.190. The molecule has 1 aromatic heterocycles. The van der Waals surface area contributed by atoms with Gasteiger partial charge in [0.1, 0.15) is 16.7 Å². The molecule has 30 heavy (non-hydrogen) atoms. The van der Waals surface area contributed by atoms with Crippen molar-refractivity contribution < 1.29 is 8.95 Å². The molecule has 0 fully saturated rings. The van der Waals surface area contributed by atoms with Crippen LogP contribution in [0.1, 0.15) is 45.4 Å². The van der Waals surface area contributed by atoms with Gasteiger partial charge >= 0.3 is 0 Å². The summed E-state index contributed by atoms with van der Waals surface area (Å²) < 4.78 is 19.6. The van der Waals surface area contributed by atoms with Crippen molar-refractivity contribution in [3.05, 3.63) is 65.9 Å². The number of hydrogen-bond acceptors (Lipinski definition) is 2. The summed E-state index contributed by atoms with van der Waals surface area (Å²) in [5.41, 5.74) is 6.07. The maximum atomic E-state index is 11.6. The highest BCUT2D eigenvalue weighted by atomic mass is 32.2. The third kappa shape index (κ3) is 4.85. The second-order valence-corrected chi connectivity index (χ2v) is 9.50. The van der Waals surface area contributed by atoms with Crippen LogP contribution in [0.3, 0.4) is 0 Å². The second kappa shape index (κ2) is 9.19. The fourth-order valence-corrected chi connectivity index (χ4v) is 4.00. The van der Waals surface area contributed by atoms with Gasteiger partial charge in [-0.25, -0.2) is 9.35 Å². The number of hydrogen-bond donors (Lipinski definition) is 1. The van der Waals surface area contributed by atoms with E-state index in [4.69, 9.17) is 9.88 Å².